The molecule has 2 N–H and O–H groups in total. The van der Waals surface area contributed by atoms with Gasteiger partial charge >= 0.3 is 8.80 Å². The lowest BCUT2D eigenvalue weighted by atomic mass is 10.5. The van der Waals surface area contributed by atoms with Crippen LogP contribution in [0.3, 0.4) is 0 Å². The zero-order valence-corrected chi connectivity index (χ0v) is 14.5. The molecule has 0 spiro atoms. The van der Waals surface area contributed by atoms with E-state index in [2.05, 4.69) is 20.8 Å². The van der Waals surface area contributed by atoms with Crippen molar-refractivity contribution in [3.8, 4) is 0 Å². The summed E-state index contributed by atoms with van der Waals surface area (Å²) in [5, 5.41) is 0. The molecule has 6 heteroatoms. The van der Waals surface area contributed by atoms with E-state index < -0.39 is 8.80 Å². The van der Waals surface area contributed by atoms with Gasteiger partial charge in [0.15, 0.2) is 0 Å². The molecule has 0 bridgehead atoms. The van der Waals surface area contributed by atoms with Gasteiger partial charge in [0.1, 0.15) is 0 Å². The average molecular weight is 308 g/mol. The Morgan fingerprint density at radius 2 is 1.25 bits per heavy atom. The van der Waals surface area contributed by atoms with Gasteiger partial charge in [-0.1, -0.05) is 20.8 Å². The maximum Gasteiger partial charge on any atom is 0.501 e. The van der Waals surface area contributed by atoms with E-state index in [-0.39, 0.29) is 0 Å². The van der Waals surface area contributed by atoms with E-state index in [9.17, 15) is 0 Å². The highest BCUT2D eigenvalue weighted by Crippen LogP contribution is 2.19. The molecule has 20 heavy (non-hydrogen) atoms. The molecule has 0 aliphatic carbocycles. The molecule has 0 fully saturated rings. The maximum atomic E-state index is 6.00. The first-order chi connectivity index (χ1) is 9.74. The fourth-order valence-electron chi connectivity index (χ4n) is 1.69. The van der Waals surface area contributed by atoms with Crippen LogP contribution in [0.4, 0.5) is 0 Å². The summed E-state index contributed by atoms with van der Waals surface area (Å²) >= 11 is 0. The average Bonchev–Trinajstić information content (AvgIpc) is 2.48. The van der Waals surface area contributed by atoms with Gasteiger partial charge in [0.05, 0.1) is 6.61 Å². The highest BCUT2D eigenvalue weighted by atomic mass is 28.4. The van der Waals surface area contributed by atoms with E-state index in [1.165, 1.54) is 0 Å². The Morgan fingerprint density at radius 1 is 0.750 bits per heavy atom. The SMILES string of the molecule is CCCO[Si](CCCOCCN)(OCCC)OCCC. The molecule has 0 saturated carbocycles. The van der Waals surface area contributed by atoms with Crippen molar-refractivity contribution in [1.82, 2.24) is 0 Å². The summed E-state index contributed by atoms with van der Waals surface area (Å²) < 4.78 is 23.4. The first-order valence-electron chi connectivity index (χ1n) is 7.94. The number of ether oxygens (including phenoxy) is 1. The minimum atomic E-state index is -2.53. The summed E-state index contributed by atoms with van der Waals surface area (Å²) in [6.45, 7) is 10.3. The van der Waals surface area contributed by atoms with Crippen LogP contribution < -0.4 is 5.73 Å². The summed E-state index contributed by atoms with van der Waals surface area (Å²) in [4.78, 5) is 0. The monoisotopic (exact) mass is 307 g/mol. The molecule has 5 nitrogen and oxygen atoms in total. The highest BCUT2D eigenvalue weighted by Gasteiger charge is 2.40. The number of hydrogen-bond donors (Lipinski definition) is 1. The van der Waals surface area contributed by atoms with E-state index in [1.54, 1.807) is 0 Å². The summed E-state index contributed by atoms with van der Waals surface area (Å²) in [7, 11) is -2.53. The topological polar surface area (TPSA) is 62.9 Å². The van der Waals surface area contributed by atoms with Crippen molar-refractivity contribution in [3.63, 3.8) is 0 Å². The summed E-state index contributed by atoms with van der Waals surface area (Å²) in [5.74, 6) is 0. The maximum absolute atomic E-state index is 6.00. The number of hydrogen-bond acceptors (Lipinski definition) is 5. The summed E-state index contributed by atoms with van der Waals surface area (Å²) in [6, 6.07) is 0.817. The van der Waals surface area contributed by atoms with Gasteiger partial charge in [0.2, 0.25) is 0 Å². The minimum absolute atomic E-state index is 0.563. The lowest BCUT2D eigenvalue weighted by Crippen LogP contribution is -2.46. The predicted molar refractivity (Wildman–Crippen MR) is 83.8 cm³/mol. The fraction of sp³-hybridized carbons (Fsp3) is 1.00. The van der Waals surface area contributed by atoms with Gasteiger partial charge in [-0.15, -0.1) is 0 Å². The van der Waals surface area contributed by atoms with Crippen molar-refractivity contribution in [2.45, 2.75) is 52.5 Å². The quantitative estimate of drug-likeness (QED) is 0.372. The van der Waals surface area contributed by atoms with Gasteiger partial charge in [-0.05, 0) is 25.7 Å². The number of rotatable bonds is 15. The molecular formula is C14H33NO4Si. The number of nitrogens with two attached hydrogens (primary N) is 1. The molecule has 0 amide bonds. The molecule has 0 aliphatic rings. The Hall–Kier alpha value is 0.0169. The van der Waals surface area contributed by atoms with E-state index in [0.29, 0.717) is 39.6 Å². The second-order valence-electron chi connectivity index (χ2n) is 4.73. The van der Waals surface area contributed by atoms with Crippen LogP contribution in [0.2, 0.25) is 6.04 Å². The van der Waals surface area contributed by atoms with Crippen LogP contribution >= 0.6 is 0 Å². The Labute approximate surface area is 125 Å². The van der Waals surface area contributed by atoms with Crippen molar-refractivity contribution < 1.29 is 18.0 Å². The van der Waals surface area contributed by atoms with Gasteiger partial charge < -0.3 is 23.7 Å². The van der Waals surface area contributed by atoms with Crippen molar-refractivity contribution in [2.24, 2.45) is 5.73 Å². The van der Waals surface area contributed by atoms with Gasteiger partial charge in [-0.3, -0.25) is 0 Å². The van der Waals surface area contributed by atoms with Gasteiger partial charge in [0, 0.05) is 39.0 Å². The Kier molecular flexibility index (Phi) is 14.0. The van der Waals surface area contributed by atoms with E-state index in [0.717, 1.165) is 31.7 Å². The zero-order valence-electron chi connectivity index (χ0n) is 13.5. The van der Waals surface area contributed by atoms with Crippen molar-refractivity contribution in [3.05, 3.63) is 0 Å². The molecule has 0 heterocycles. The molecule has 0 atom stereocenters. The second kappa shape index (κ2) is 14.0. The molecule has 0 unspecified atom stereocenters. The van der Waals surface area contributed by atoms with Gasteiger partial charge in [-0.25, -0.2) is 0 Å². The standard InChI is InChI=1S/C14H33NO4Si/c1-4-9-17-20(18-10-5-2,19-11-6-3)14-7-12-16-13-8-15/h4-15H2,1-3H3. The van der Waals surface area contributed by atoms with Crippen LogP contribution in [-0.2, 0) is 18.0 Å². The van der Waals surface area contributed by atoms with Crippen LogP contribution in [0.1, 0.15) is 46.5 Å². The summed E-state index contributed by atoms with van der Waals surface area (Å²) in [5.41, 5.74) is 5.40. The predicted octanol–water partition coefficient (Wildman–Crippen LogP) is 2.57. The lowest BCUT2D eigenvalue weighted by molar-refractivity contribution is 0.0552. The van der Waals surface area contributed by atoms with Gasteiger partial charge in [0.25, 0.3) is 0 Å². The first kappa shape index (κ1) is 20.0. The van der Waals surface area contributed by atoms with Crippen LogP contribution in [0.25, 0.3) is 0 Å². The Balaban J connectivity index is 4.34. The largest absolute Gasteiger partial charge is 0.501 e. The molecule has 0 rings (SSSR count). The minimum Gasteiger partial charge on any atom is -0.380 e. The molecular weight excluding hydrogens is 274 g/mol. The molecule has 0 aromatic heterocycles. The normalized spacial score (nSPS) is 12.0. The van der Waals surface area contributed by atoms with Crippen LogP contribution in [0.5, 0.6) is 0 Å². The Morgan fingerprint density at radius 3 is 1.65 bits per heavy atom. The molecule has 0 radical (unpaired) electrons. The second-order valence-corrected chi connectivity index (χ2v) is 7.47. The third-order valence-corrected chi connectivity index (χ3v) is 5.51. The molecule has 122 valence electrons. The van der Waals surface area contributed by atoms with Crippen LogP contribution in [-0.4, -0.2) is 48.4 Å². The lowest BCUT2D eigenvalue weighted by Gasteiger charge is -2.29. The molecule has 0 aromatic rings. The van der Waals surface area contributed by atoms with E-state index >= 15 is 0 Å². The highest BCUT2D eigenvalue weighted by molar-refractivity contribution is 6.60. The van der Waals surface area contributed by atoms with Crippen molar-refractivity contribution in [2.75, 3.05) is 39.6 Å². The van der Waals surface area contributed by atoms with E-state index in [1.807, 2.05) is 0 Å². The van der Waals surface area contributed by atoms with Crippen LogP contribution in [0.15, 0.2) is 0 Å². The van der Waals surface area contributed by atoms with Crippen molar-refractivity contribution in [1.29, 1.82) is 0 Å². The third kappa shape index (κ3) is 9.85. The fourth-order valence-corrected chi connectivity index (χ4v) is 4.50. The molecule has 0 aliphatic heterocycles. The Bertz CT molecular complexity index is 186. The summed E-state index contributed by atoms with van der Waals surface area (Å²) in [6.07, 6.45) is 3.82. The first-order valence-corrected chi connectivity index (χ1v) is 9.87. The van der Waals surface area contributed by atoms with E-state index in [4.69, 9.17) is 23.7 Å². The molecule has 0 saturated heterocycles. The third-order valence-electron chi connectivity index (χ3n) is 2.61. The van der Waals surface area contributed by atoms with Crippen molar-refractivity contribution >= 4 is 8.80 Å². The van der Waals surface area contributed by atoms with Crippen LogP contribution in [0, 0.1) is 0 Å². The zero-order chi connectivity index (χ0) is 15.1. The molecule has 0 aromatic carbocycles. The van der Waals surface area contributed by atoms with Gasteiger partial charge in [-0.2, -0.15) is 0 Å². The smallest absolute Gasteiger partial charge is 0.380 e.